The van der Waals surface area contributed by atoms with E-state index in [1.807, 2.05) is 24.3 Å². The molecular formula is C13H10INO3. The van der Waals surface area contributed by atoms with E-state index in [0.717, 1.165) is 9.32 Å². The highest BCUT2D eigenvalue weighted by molar-refractivity contribution is 14.1. The fourth-order valence-electron chi connectivity index (χ4n) is 1.32. The zero-order valence-corrected chi connectivity index (χ0v) is 11.5. The van der Waals surface area contributed by atoms with Crippen LogP contribution < -0.4 is 4.74 Å². The van der Waals surface area contributed by atoms with Gasteiger partial charge in [-0.25, -0.2) is 4.79 Å². The molecule has 0 aliphatic rings. The fraction of sp³-hybridized carbons (Fsp3) is 0.0769. The lowest BCUT2D eigenvalue weighted by molar-refractivity contribution is 0.0696. The Kier molecular flexibility index (Phi) is 4.14. The predicted octanol–water partition coefficient (Wildman–Crippen LogP) is 2.96. The van der Waals surface area contributed by atoms with Gasteiger partial charge in [-0.1, -0.05) is 0 Å². The van der Waals surface area contributed by atoms with Crippen molar-refractivity contribution in [3.05, 3.63) is 57.4 Å². The van der Waals surface area contributed by atoms with Gasteiger partial charge in [0.25, 0.3) is 0 Å². The molecule has 0 fully saturated rings. The average molecular weight is 355 g/mol. The van der Waals surface area contributed by atoms with E-state index in [1.54, 1.807) is 6.07 Å². The molecule has 92 valence electrons. The summed E-state index contributed by atoms with van der Waals surface area (Å²) in [5.74, 6) is -0.216. The number of hydrogen-bond donors (Lipinski definition) is 1. The maximum Gasteiger partial charge on any atom is 0.337 e. The Balaban J connectivity index is 1.97. The summed E-state index contributed by atoms with van der Waals surface area (Å²) in [6.07, 6.45) is 1.33. The third-order valence-corrected chi connectivity index (χ3v) is 2.99. The maximum atomic E-state index is 10.7. The first kappa shape index (κ1) is 12.8. The van der Waals surface area contributed by atoms with Crippen molar-refractivity contribution in [3.63, 3.8) is 0 Å². The van der Waals surface area contributed by atoms with Gasteiger partial charge in [0.1, 0.15) is 12.4 Å². The van der Waals surface area contributed by atoms with Crippen LogP contribution in [-0.4, -0.2) is 16.1 Å². The second kappa shape index (κ2) is 5.81. The van der Waals surface area contributed by atoms with E-state index in [-0.39, 0.29) is 5.56 Å². The first-order valence-electron chi connectivity index (χ1n) is 5.22. The first-order valence-corrected chi connectivity index (χ1v) is 6.29. The molecule has 1 N–H and O–H groups in total. The third kappa shape index (κ3) is 3.43. The number of aromatic nitrogens is 1. The van der Waals surface area contributed by atoms with Crippen LogP contribution in [0.15, 0.2) is 42.6 Å². The lowest BCUT2D eigenvalue weighted by Gasteiger charge is -2.05. The van der Waals surface area contributed by atoms with E-state index in [1.165, 1.54) is 12.3 Å². The van der Waals surface area contributed by atoms with Crippen LogP contribution in [0.25, 0.3) is 0 Å². The molecule has 0 saturated carbocycles. The second-order valence-corrected chi connectivity index (χ2v) is 4.83. The molecule has 2 aromatic rings. The molecule has 0 aliphatic carbocycles. The number of hydrogen-bond acceptors (Lipinski definition) is 3. The zero-order valence-electron chi connectivity index (χ0n) is 9.34. The van der Waals surface area contributed by atoms with Gasteiger partial charge in [0.15, 0.2) is 0 Å². The van der Waals surface area contributed by atoms with Crippen molar-refractivity contribution in [1.29, 1.82) is 0 Å². The van der Waals surface area contributed by atoms with E-state index in [0.29, 0.717) is 12.3 Å². The second-order valence-electron chi connectivity index (χ2n) is 3.59. The Hall–Kier alpha value is -1.63. The van der Waals surface area contributed by atoms with Gasteiger partial charge in [-0.3, -0.25) is 4.98 Å². The molecule has 0 amide bonds. The summed E-state index contributed by atoms with van der Waals surface area (Å²) < 4.78 is 6.68. The van der Waals surface area contributed by atoms with Crippen molar-refractivity contribution < 1.29 is 14.6 Å². The number of carbonyl (C=O) groups is 1. The Morgan fingerprint density at radius 3 is 2.50 bits per heavy atom. The molecular weight excluding hydrogens is 345 g/mol. The summed E-state index contributed by atoms with van der Waals surface area (Å²) in [7, 11) is 0. The van der Waals surface area contributed by atoms with Gasteiger partial charge >= 0.3 is 5.97 Å². The van der Waals surface area contributed by atoms with Crippen LogP contribution in [0.5, 0.6) is 5.75 Å². The molecule has 2 rings (SSSR count). The van der Waals surface area contributed by atoms with E-state index < -0.39 is 5.97 Å². The number of carboxylic acids is 1. The molecule has 0 atom stereocenters. The summed E-state index contributed by atoms with van der Waals surface area (Å²) in [6.45, 7) is 0.320. The number of nitrogens with zero attached hydrogens (tertiary/aromatic N) is 1. The number of ether oxygens (including phenoxy) is 1. The SMILES string of the molecule is O=C(O)c1ccc(COc2ccc(I)cc2)nc1. The molecule has 4 nitrogen and oxygen atoms in total. The number of carboxylic acid groups (broad SMARTS) is 1. The van der Waals surface area contributed by atoms with Crippen LogP contribution in [0.2, 0.25) is 0 Å². The summed E-state index contributed by atoms with van der Waals surface area (Å²) >= 11 is 2.22. The minimum absolute atomic E-state index is 0.174. The molecule has 0 unspecified atom stereocenters. The van der Waals surface area contributed by atoms with Crippen molar-refractivity contribution in [1.82, 2.24) is 4.98 Å². The van der Waals surface area contributed by atoms with Crippen LogP contribution >= 0.6 is 22.6 Å². The smallest absolute Gasteiger partial charge is 0.337 e. The van der Waals surface area contributed by atoms with Gasteiger partial charge in [0.2, 0.25) is 0 Å². The molecule has 1 heterocycles. The number of aromatic carboxylic acids is 1. The van der Waals surface area contributed by atoms with E-state index in [2.05, 4.69) is 27.6 Å². The molecule has 1 aromatic carbocycles. The van der Waals surface area contributed by atoms with Gasteiger partial charge in [-0.15, -0.1) is 0 Å². The number of halogens is 1. The molecule has 18 heavy (non-hydrogen) atoms. The van der Waals surface area contributed by atoms with Gasteiger partial charge in [-0.2, -0.15) is 0 Å². The van der Waals surface area contributed by atoms with Gasteiger partial charge in [0, 0.05) is 9.77 Å². The maximum absolute atomic E-state index is 10.7. The van der Waals surface area contributed by atoms with Gasteiger partial charge in [-0.05, 0) is 59.0 Å². The standard InChI is InChI=1S/C13H10INO3/c14-10-2-5-12(6-3-10)18-8-11-4-1-9(7-15-11)13(16)17/h1-7H,8H2,(H,16,17). The Labute approximate surface area is 118 Å². The highest BCUT2D eigenvalue weighted by Crippen LogP contribution is 2.14. The molecule has 5 heteroatoms. The summed E-state index contributed by atoms with van der Waals surface area (Å²) in [5.41, 5.74) is 0.867. The van der Waals surface area contributed by atoms with Crippen LogP contribution in [0.4, 0.5) is 0 Å². The lowest BCUT2D eigenvalue weighted by atomic mass is 10.2. The van der Waals surface area contributed by atoms with Crippen LogP contribution in [0.1, 0.15) is 16.1 Å². The number of pyridine rings is 1. The van der Waals surface area contributed by atoms with E-state index >= 15 is 0 Å². The van der Waals surface area contributed by atoms with Crippen molar-refractivity contribution in [2.45, 2.75) is 6.61 Å². The highest BCUT2D eigenvalue weighted by atomic mass is 127. The average Bonchev–Trinajstić information content (AvgIpc) is 2.38. The molecule has 1 aromatic heterocycles. The minimum Gasteiger partial charge on any atom is -0.487 e. The van der Waals surface area contributed by atoms with E-state index in [9.17, 15) is 4.79 Å². The number of benzene rings is 1. The Morgan fingerprint density at radius 2 is 1.94 bits per heavy atom. The van der Waals surface area contributed by atoms with Crippen molar-refractivity contribution >= 4 is 28.6 Å². The third-order valence-electron chi connectivity index (χ3n) is 2.27. The Bertz CT molecular complexity index is 537. The van der Waals surface area contributed by atoms with Crippen molar-refractivity contribution in [2.24, 2.45) is 0 Å². The predicted molar refractivity (Wildman–Crippen MR) is 74.7 cm³/mol. The zero-order chi connectivity index (χ0) is 13.0. The normalized spacial score (nSPS) is 10.1. The highest BCUT2D eigenvalue weighted by Gasteiger charge is 2.03. The monoisotopic (exact) mass is 355 g/mol. The Morgan fingerprint density at radius 1 is 1.22 bits per heavy atom. The van der Waals surface area contributed by atoms with Crippen LogP contribution in [0.3, 0.4) is 0 Å². The topological polar surface area (TPSA) is 59.4 Å². The summed E-state index contributed by atoms with van der Waals surface area (Å²) in [5, 5.41) is 8.74. The van der Waals surface area contributed by atoms with Crippen molar-refractivity contribution in [2.75, 3.05) is 0 Å². The van der Waals surface area contributed by atoms with Crippen LogP contribution in [-0.2, 0) is 6.61 Å². The summed E-state index contributed by atoms with van der Waals surface area (Å²) in [4.78, 5) is 14.7. The summed E-state index contributed by atoms with van der Waals surface area (Å²) in [6, 6.07) is 10.8. The van der Waals surface area contributed by atoms with Gasteiger partial charge in [0.05, 0.1) is 11.3 Å². The fourth-order valence-corrected chi connectivity index (χ4v) is 1.68. The molecule has 0 spiro atoms. The van der Waals surface area contributed by atoms with Gasteiger partial charge < -0.3 is 9.84 Å². The van der Waals surface area contributed by atoms with E-state index in [4.69, 9.17) is 9.84 Å². The first-order chi connectivity index (χ1) is 8.65. The largest absolute Gasteiger partial charge is 0.487 e. The van der Waals surface area contributed by atoms with Crippen molar-refractivity contribution in [3.8, 4) is 5.75 Å². The van der Waals surface area contributed by atoms with Crippen LogP contribution in [0, 0.1) is 3.57 Å². The molecule has 0 saturated heterocycles. The quantitative estimate of drug-likeness (QED) is 0.857. The number of rotatable bonds is 4. The molecule has 0 aliphatic heterocycles. The lowest BCUT2D eigenvalue weighted by Crippen LogP contribution is -2.01. The molecule has 0 radical (unpaired) electrons. The molecule has 0 bridgehead atoms. The minimum atomic E-state index is -0.979.